The molecule has 0 fully saturated rings. The molecule has 0 aromatic carbocycles. The summed E-state index contributed by atoms with van der Waals surface area (Å²) in [5, 5.41) is 13.6. The number of hydrogen-bond acceptors (Lipinski definition) is 3. The predicted molar refractivity (Wildman–Crippen MR) is 68.3 cm³/mol. The van der Waals surface area contributed by atoms with E-state index in [1.165, 1.54) is 0 Å². The van der Waals surface area contributed by atoms with Crippen molar-refractivity contribution in [3.8, 4) is 11.9 Å². The molecule has 0 spiro atoms. The van der Waals surface area contributed by atoms with Crippen LogP contribution in [0.5, 0.6) is 0 Å². The Morgan fingerprint density at radius 2 is 2.18 bits per heavy atom. The van der Waals surface area contributed by atoms with Gasteiger partial charge in [-0.1, -0.05) is 11.6 Å². The predicted octanol–water partition coefficient (Wildman–Crippen LogP) is 3.17. The van der Waals surface area contributed by atoms with Gasteiger partial charge < -0.3 is 0 Å². The number of hydrogen-bond donors (Lipinski definition) is 0. The second kappa shape index (κ2) is 4.47. The third-order valence-electron chi connectivity index (χ3n) is 2.39. The van der Waals surface area contributed by atoms with Crippen LogP contribution in [0.25, 0.3) is 5.82 Å². The van der Waals surface area contributed by atoms with Crippen LogP contribution >= 0.6 is 27.5 Å². The number of aromatic nitrogens is 3. The van der Waals surface area contributed by atoms with Gasteiger partial charge in [0.15, 0.2) is 5.82 Å². The summed E-state index contributed by atoms with van der Waals surface area (Å²) in [6.07, 6.45) is 1.55. The Balaban J connectivity index is 2.70. The largest absolute Gasteiger partial charge is 0.236 e. The van der Waals surface area contributed by atoms with E-state index in [9.17, 15) is 0 Å². The fraction of sp³-hybridized carbons (Fsp3) is 0.182. The minimum absolute atomic E-state index is 0.313. The van der Waals surface area contributed by atoms with Gasteiger partial charge in [0.2, 0.25) is 0 Å². The lowest BCUT2D eigenvalue weighted by Gasteiger charge is -2.06. The van der Waals surface area contributed by atoms with Crippen LogP contribution in [-0.2, 0) is 0 Å². The first-order valence-corrected chi connectivity index (χ1v) is 6.00. The third-order valence-corrected chi connectivity index (χ3v) is 3.92. The van der Waals surface area contributed by atoms with Crippen molar-refractivity contribution >= 4 is 27.5 Å². The van der Waals surface area contributed by atoms with E-state index in [4.69, 9.17) is 16.9 Å². The molecule has 2 aromatic rings. The van der Waals surface area contributed by atoms with Gasteiger partial charge in [0.1, 0.15) is 11.1 Å². The van der Waals surface area contributed by atoms with Crippen molar-refractivity contribution in [3.63, 3.8) is 0 Å². The Hall–Kier alpha value is -1.38. The van der Waals surface area contributed by atoms with Gasteiger partial charge in [-0.3, -0.25) is 0 Å². The lowest BCUT2D eigenvalue weighted by Crippen LogP contribution is -2.03. The number of halogens is 2. The summed E-state index contributed by atoms with van der Waals surface area (Å²) in [7, 11) is 0. The molecular formula is C11H8BrClN4. The zero-order valence-corrected chi connectivity index (χ0v) is 11.5. The normalized spacial score (nSPS) is 10.3. The fourth-order valence-electron chi connectivity index (χ4n) is 1.50. The average Bonchev–Trinajstić information content (AvgIpc) is 2.57. The standard InChI is InChI=1S/C11H8BrClN4/c1-6-9(12)7(2)17(16-6)11-10(13)8(5-14)3-4-15-11/h3-4H,1-2H3. The van der Waals surface area contributed by atoms with E-state index in [2.05, 4.69) is 26.0 Å². The third kappa shape index (κ3) is 1.94. The number of pyridine rings is 1. The molecule has 0 aliphatic rings. The first-order valence-electron chi connectivity index (χ1n) is 4.83. The van der Waals surface area contributed by atoms with E-state index in [-0.39, 0.29) is 0 Å². The molecule has 0 aliphatic carbocycles. The van der Waals surface area contributed by atoms with Crippen molar-refractivity contribution in [1.29, 1.82) is 5.26 Å². The number of aryl methyl sites for hydroxylation is 1. The lowest BCUT2D eigenvalue weighted by molar-refractivity contribution is 0.805. The molecule has 17 heavy (non-hydrogen) atoms. The minimum atomic E-state index is 0.313. The summed E-state index contributed by atoms with van der Waals surface area (Å²) in [5.41, 5.74) is 2.13. The van der Waals surface area contributed by atoms with Crippen LogP contribution in [0.15, 0.2) is 16.7 Å². The molecule has 4 nitrogen and oxygen atoms in total. The first-order chi connectivity index (χ1) is 8.06. The van der Waals surface area contributed by atoms with E-state index >= 15 is 0 Å². The number of rotatable bonds is 1. The molecule has 6 heteroatoms. The Morgan fingerprint density at radius 3 is 2.71 bits per heavy atom. The molecule has 2 heterocycles. The zero-order chi connectivity index (χ0) is 12.6. The van der Waals surface area contributed by atoms with Crippen molar-refractivity contribution in [2.45, 2.75) is 13.8 Å². The second-order valence-electron chi connectivity index (χ2n) is 3.50. The summed E-state index contributed by atoms with van der Waals surface area (Å²) >= 11 is 9.55. The maximum Gasteiger partial charge on any atom is 0.173 e. The number of nitrogens with zero attached hydrogens (tertiary/aromatic N) is 4. The van der Waals surface area contributed by atoms with Crippen molar-refractivity contribution in [2.24, 2.45) is 0 Å². The summed E-state index contributed by atoms with van der Waals surface area (Å²) in [5.74, 6) is 0.469. The maximum atomic E-state index is 8.92. The molecular weight excluding hydrogens is 304 g/mol. The molecule has 0 amide bonds. The molecule has 0 atom stereocenters. The van der Waals surface area contributed by atoms with Crippen LogP contribution < -0.4 is 0 Å². The number of nitriles is 1. The van der Waals surface area contributed by atoms with Crippen molar-refractivity contribution in [2.75, 3.05) is 0 Å². The van der Waals surface area contributed by atoms with E-state index in [0.29, 0.717) is 16.4 Å². The first kappa shape index (κ1) is 12.1. The molecule has 0 bridgehead atoms. The highest BCUT2D eigenvalue weighted by molar-refractivity contribution is 9.10. The van der Waals surface area contributed by atoms with Gasteiger partial charge in [0, 0.05) is 6.20 Å². The van der Waals surface area contributed by atoms with Gasteiger partial charge in [0.25, 0.3) is 0 Å². The molecule has 0 N–H and O–H groups in total. The molecule has 0 saturated carbocycles. The Morgan fingerprint density at radius 1 is 1.47 bits per heavy atom. The van der Waals surface area contributed by atoms with Gasteiger partial charge in [-0.15, -0.1) is 0 Å². The Labute approximate surface area is 112 Å². The van der Waals surface area contributed by atoms with Crippen LogP contribution in [0, 0.1) is 25.2 Å². The quantitative estimate of drug-likeness (QED) is 0.813. The molecule has 2 aromatic heterocycles. The SMILES string of the molecule is Cc1nn(-c2nccc(C#N)c2Cl)c(C)c1Br. The van der Waals surface area contributed by atoms with Crippen LogP contribution in [-0.4, -0.2) is 14.8 Å². The second-order valence-corrected chi connectivity index (χ2v) is 4.68. The zero-order valence-electron chi connectivity index (χ0n) is 9.20. The van der Waals surface area contributed by atoms with Gasteiger partial charge >= 0.3 is 0 Å². The van der Waals surface area contributed by atoms with E-state index < -0.39 is 0 Å². The van der Waals surface area contributed by atoms with Crippen molar-refractivity contribution in [1.82, 2.24) is 14.8 Å². The van der Waals surface area contributed by atoms with Crippen molar-refractivity contribution in [3.05, 3.63) is 38.7 Å². The van der Waals surface area contributed by atoms with E-state index in [1.54, 1.807) is 16.9 Å². The lowest BCUT2D eigenvalue weighted by atomic mass is 10.3. The van der Waals surface area contributed by atoms with E-state index in [0.717, 1.165) is 15.9 Å². The summed E-state index contributed by atoms with van der Waals surface area (Å²) < 4.78 is 2.54. The van der Waals surface area contributed by atoms with Crippen LogP contribution in [0.1, 0.15) is 17.0 Å². The molecule has 0 radical (unpaired) electrons. The summed E-state index contributed by atoms with van der Waals surface area (Å²) in [6.45, 7) is 3.79. The topological polar surface area (TPSA) is 54.5 Å². The Bertz CT molecular complexity index is 627. The maximum absolute atomic E-state index is 8.92. The highest BCUT2D eigenvalue weighted by Gasteiger charge is 2.15. The average molecular weight is 312 g/mol. The van der Waals surface area contributed by atoms with Gasteiger partial charge in [-0.05, 0) is 35.8 Å². The molecule has 0 saturated heterocycles. The van der Waals surface area contributed by atoms with Crippen LogP contribution in [0.2, 0.25) is 5.02 Å². The summed E-state index contributed by atoms with van der Waals surface area (Å²) in [4.78, 5) is 4.17. The molecule has 2 rings (SSSR count). The Kier molecular flexibility index (Phi) is 3.18. The minimum Gasteiger partial charge on any atom is -0.236 e. The van der Waals surface area contributed by atoms with Gasteiger partial charge in [-0.2, -0.15) is 10.4 Å². The van der Waals surface area contributed by atoms with Crippen LogP contribution in [0.4, 0.5) is 0 Å². The molecule has 0 unspecified atom stereocenters. The smallest absolute Gasteiger partial charge is 0.173 e. The highest BCUT2D eigenvalue weighted by Crippen LogP contribution is 2.27. The van der Waals surface area contributed by atoms with Gasteiger partial charge in [-0.25, -0.2) is 9.67 Å². The monoisotopic (exact) mass is 310 g/mol. The van der Waals surface area contributed by atoms with E-state index in [1.807, 2.05) is 19.9 Å². The summed E-state index contributed by atoms with van der Waals surface area (Å²) in [6, 6.07) is 3.60. The molecule has 86 valence electrons. The fourth-order valence-corrected chi connectivity index (χ4v) is 1.98. The molecule has 0 aliphatic heterocycles. The van der Waals surface area contributed by atoms with Crippen molar-refractivity contribution < 1.29 is 0 Å². The van der Waals surface area contributed by atoms with Crippen LogP contribution in [0.3, 0.4) is 0 Å². The highest BCUT2D eigenvalue weighted by atomic mass is 79.9. The van der Waals surface area contributed by atoms with Gasteiger partial charge in [0.05, 0.1) is 21.4 Å².